The van der Waals surface area contributed by atoms with Gasteiger partial charge >= 0.3 is 0 Å². The maximum atomic E-state index is 13.4. The van der Waals surface area contributed by atoms with E-state index in [4.69, 9.17) is 9.47 Å². The third-order valence-corrected chi connectivity index (χ3v) is 6.40. The molecule has 1 aliphatic carbocycles. The van der Waals surface area contributed by atoms with Crippen molar-refractivity contribution < 1.29 is 19.1 Å². The number of ether oxygens (including phenoxy) is 2. The molecule has 34 heavy (non-hydrogen) atoms. The van der Waals surface area contributed by atoms with Gasteiger partial charge in [-0.1, -0.05) is 49.6 Å². The molecule has 2 amide bonds. The van der Waals surface area contributed by atoms with E-state index in [2.05, 4.69) is 5.32 Å². The monoisotopic (exact) mass is 466 g/mol. The van der Waals surface area contributed by atoms with E-state index >= 15 is 0 Å². The summed E-state index contributed by atoms with van der Waals surface area (Å²) in [6, 6.07) is 15.3. The molecule has 1 fully saturated rings. The van der Waals surface area contributed by atoms with E-state index in [9.17, 15) is 9.59 Å². The summed E-state index contributed by atoms with van der Waals surface area (Å²) in [6.07, 6.45) is 5.80. The van der Waals surface area contributed by atoms with Gasteiger partial charge in [-0.05, 0) is 62.4 Å². The molecule has 0 saturated heterocycles. The lowest BCUT2D eigenvalue weighted by Gasteiger charge is -2.31. The van der Waals surface area contributed by atoms with Gasteiger partial charge in [0.05, 0.1) is 13.7 Å². The molecular formula is C28H38N2O4. The second-order valence-electron chi connectivity index (χ2n) is 9.05. The number of rotatable bonds is 12. The molecule has 0 unspecified atom stereocenters. The van der Waals surface area contributed by atoms with Crippen molar-refractivity contribution in [2.24, 2.45) is 0 Å². The Morgan fingerprint density at radius 1 is 1.09 bits per heavy atom. The predicted octanol–water partition coefficient (Wildman–Crippen LogP) is 5.03. The number of hydrogen-bond donors (Lipinski definition) is 1. The van der Waals surface area contributed by atoms with E-state index in [0.29, 0.717) is 32.4 Å². The molecule has 1 saturated carbocycles. The highest BCUT2D eigenvalue weighted by atomic mass is 16.5. The van der Waals surface area contributed by atoms with Gasteiger partial charge in [0.15, 0.2) is 0 Å². The fourth-order valence-electron chi connectivity index (χ4n) is 4.45. The van der Waals surface area contributed by atoms with Crippen molar-refractivity contribution >= 4 is 11.8 Å². The number of amides is 2. The molecule has 184 valence electrons. The van der Waals surface area contributed by atoms with Crippen LogP contribution in [-0.2, 0) is 16.1 Å². The molecule has 2 aromatic carbocycles. The van der Waals surface area contributed by atoms with Gasteiger partial charge in [-0.15, -0.1) is 0 Å². The third kappa shape index (κ3) is 7.51. The average Bonchev–Trinajstić information content (AvgIpc) is 3.35. The van der Waals surface area contributed by atoms with E-state index in [-0.39, 0.29) is 17.9 Å². The molecule has 6 heteroatoms. The number of carbonyl (C=O) groups excluding carboxylic acids is 2. The molecule has 6 nitrogen and oxygen atoms in total. The Hall–Kier alpha value is -3.02. The summed E-state index contributed by atoms with van der Waals surface area (Å²) in [5.41, 5.74) is 2.12. The van der Waals surface area contributed by atoms with Crippen LogP contribution in [0.3, 0.4) is 0 Å². The van der Waals surface area contributed by atoms with Gasteiger partial charge in [-0.2, -0.15) is 0 Å². The van der Waals surface area contributed by atoms with Crippen molar-refractivity contribution in [2.75, 3.05) is 13.7 Å². The van der Waals surface area contributed by atoms with Crippen LogP contribution in [-0.4, -0.2) is 42.5 Å². The highest BCUT2D eigenvalue weighted by molar-refractivity contribution is 5.87. The van der Waals surface area contributed by atoms with E-state index in [0.717, 1.165) is 42.7 Å². The normalized spacial score (nSPS) is 14.4. The lowest BCUT2D eigenvalue weighted by molar-refractivity contribution is -0.141. The first-order valence-corrected chi connectivity index (χ1v) is 12.4. The van der Waals surface area contributed by atoms with Gasteiger partial charge < -0.3 is 19.7 Å². The van der Waals surface area contributed by atoms with Crippen LogP contribution in [0.2, 0.25) is 0 Å². The number of nitrogens with zero attached hydrogens (tertiary/aromatic N) is 1. The maximum absolute atomic E-state index is 13.4. The van der Waals surface area contributed by atoms with Crippen LogP contribution in [0.5, 0.6) is 11.5 Å². The van der Waals surface area contributed by atoms with Crippen molar-refractivity contribution in [1.29, 1.82) is 0 Å². The molecule has 0 aromatic heterocycles. The molecule has 1 N–H and O–H groups in total. The number of hydrogen-bond acceptors (Lipinski definition) is 4. The fraction of sp³-hybridized carbons (Fsp3) is 0.500. The summed E-state index contributed by atoms with van der Waals surface area (Å²) < 4.78 is 11.1. The largest absolute Gasteiger partial charge is 0.497 e. The number of carbonyl (C=O) groups is 2. The number of aryl methyl sites for hydroxylation is 1. The quantitative estimate of drug-likeness (QED) is 0.446. The second kappa shape index (κ2) is 13.0. The summed E-state index contributed by atoms with van der Waals surface area (Å²) in [4.78, 5) is 28.3. The van der Waals surface area contributed by atoms with Crippen molar-refractivity contribution in [3.63, 3.8) is 0 Å². The van der Waals surface area contributed by atoms with Crippen molar-refractivity contribution in [3.05, 3.63) is 59.7 Å². The van der Waals surface area contributed by atoms with Crippen LogP contribution < -0.4 is 14.8 Å². The molecule has 1 aliphatic rings. The summed E-state index contributed by atoms with van der Waals surface area (Å²) in [6.45, 7) is 4.82. The fourth-order valence-corrected chi connectivity index (χ4v) is 4.45. The molecule has 2 aromatic rings. The van der Waals surface area contributed by atoms with Gasteiger partial charge in [0.25, 0.3) is 0 Å². The first kappa shape index (κ1) is 25.6. The zero-order valence-electron chi connectivity index (χ0n) is 20.7. The van der Waals surface area contributed by atoms with Crippen LogP contribution in [0.25, 0.3) is 0 Å². The van der Waals surface area contributed by atoms with E-state index < -0.39 is 6.04 Å². The first-order valence-electron chi connectivity index (χ1n) is 12.4. The van der Waals surface area contributed by atoms with Crippen LogP contribution in [0.15, 0.2) is 48.5 Å². The Bertz CT molecular complexity index is 922. The Morgan fingerprint density at radius 3 is 2.50 bits per heavy atom. The number of benzene rings is 2. The lowest BCUT2D eigenvalue weighted by atomic mass is 10.1. The average molecular weight is 467 g/mol. The Balaban J connectivity index is 1.66. The summed E-state index contributed by atoms with van der Waals surface area (Å²) in [5.74, 6) is 1.44. The zero-order valence-corrected chi connectivity index (χ0v) is 20.7. The highest BCUT2D eigenvalue weighted by Crippen LogP contribution is 2.21. The minimum atomic E-state index is -0.502. The highest BCUT2D eigenvalue weighted by Gasteiger charge is 2.30. The van der Waals surface area contributed by atoms with Gasteiger partial charge in [-0.25, -0.2) is 0 Å². The molecule has 0 aliphatic heterocycles. The summed E-state index contributed by atoms with van der Waals surface area (Å²) >= 11 is 0. The van der Waals surface area contributed by atoms with Gasteiger partial charge in [0, 0.05) is 19.0 Å². The first-order chi connectivity index (χ1) is 16.5. The number of methoxy groups -OCH3 is 1. The SMILES string of the molecule is CC[C@@H](C(=O)NC1CCCC1)N(Cc1cccc(OC)c1)C(=O)CCCOc1ccc(C)cc1. The predicted molar refractivity (Wildman–Crippen MR) is 134 cm³/mol. The van der Waals surface area contributed by atoms with E-state index in [1.807, 2.05) is 62.4 Å². The topological polar surface area (TPSA) is 67.9 Å². The smallest absolute Gasteiger partial charge is 0.243 e. The Kier molecular flexibility index (Phi) is 9.80. The molecule has 0 spiro atoms. The third-order valence-electron chi connectivity index (χ3n) is 6.40. The minimum absolute atomic E-state index is 0.0382. The summed E-state index contributed by atoms with van der Waals surface area (Å²) in [5, 5.41) is 3.18. The van der Waals surface area contributed by atoms with Crippen molar-refractivity contribution in [1.82, 2.24) is 10.2 Å². The zero-order chi connectivity index (χ0) is 24.3. The minimum Gasteiger partial charge on any atom is -0.497 e. The van der Waals surface area contributed by atoms with Crippen LogP contribution >= 0.6 is 0 Å². The molecule has 0 heterocycles. The van der Waals surface area contributed by atoms with Crippen LogP contribution in [0.4, 0.5) is 0 Å². The molecular weight excluding hydrogens is 428 g/mol. The Morgan fingerprint density at radius 2 is 1.82 bits per heavy atom. The second-order valence-corrected chi connectivity index (χ2v) is 9.05. The molecule has 1 atom stereocenters. The standard InChI is InChI=1S/C28H38N2O4/c1-4-26(28(32)29-23-10-5-6-11-23)30(20-22-9-7-12-25(19-22)33-3)27(31)13-8-18-34-24-16-14-21(2)15-17-24/h7,9,12,14-17,19,23,26H,4-6,8,10-11,13,18,20H2,1-3H3,(H,29,32)/t26-/m0/s1. The lowest BCUT2D eigenvalue weighted by Crippen LogP contribution is -2.50. The van der Waals surface area contributed by atoms with Crippen molar-refractivity contribution in [2.45, 2.75) is 77.4 Å². The van der Waals surface area contributed by atoms with Crippen molar-refractivity contribution in [3.8, 4) is 11.5 Å². The van der Waals surface area contributed by atoms with Gasteiger partial charge in [0.2, 0.25) is 11.8 Å². The van der Waals surface area contributed by atoms with E-state index in [1.54, 1.807) is 12.0 Å². The molecule has 0 radical (unpaired) electrons. The Labute approximate surface area is 203 Å². The van der Waals surface area contributed by atoms with Crippen LogP contribution in [0.1, 0.15) is 63.0 Å². The number of nitrogens with one attached hydrogen (secondary N) is 1. The summed E-state index contributed by atoms with van der Waals surface area (Å²) in [7, 11) is 1.62. The van der Waals surface area contributed by atoms with Gasteiger partial charge in [-0.3, -0.25) is 9.59 Å². The molecule has 0 bridgehead atoms. The van der Waals surface area contributed by atoms with E-state index in [1.165, 1.54) is 5.56 Å². The molecule has 3 rings (SSSR count). The van der Waals surface area contributed by atoms with Gasteiger partial charge in [0.1, 0.15) is 17.5 Å². The maximum Gasteiger partial charge on any atom is 0.243 e. The van der Waals surface area contributed by atoms with Crippen LogP contribution in [0, 0.1) is 6.92 Å².